The number of unbranched alkanes of at least 4 members (excludes halogenated alkanes) is 1. The van der Waals surface area contributed by atoms with Gasteiger partial charge < -0.3 is 31.5 Å². The van der Waals surface area contributed by atoms with E-state index in [0.717, 1.165) is 84.1 Å². The van der Waals surface area contributed by atoms with Gasteiger partial charge in [0, 0.05) is 25.9 Å². The quantitative estimate of drug-likeness (QED) is 0.322. The molecule has 202 valence electrons. The summed E-state index contributed by atoms with van der Waals surface area (Å²) in [7, 11) is 0. The number of ether oxygens (including phenoxy) is 1. The number of nitrogens with two attached hydrogens (primary N) is 1. The van der Waals surface area contributed by atoms with Gasteiger partial charge in [-0.25, -0.2) is 4.79 Å². The second-order valence-electron chi connectivity index (χ2n) is 11.8. The van der Waals surface area contributed by atoms with Gasteiger partial charge in [-0.05, 0) is 97.8 Å². The summed E-state index contributed by atoms with van der Waals surface area (Å²) < 4.78 is 5.90. The van der Waals surface area contributed by atoms with Gasteiger partial charge in [-0.2, -0.15) is 0 Å². The molecule has 5 atom stereocenters. The summed E-state index contributed by atoms with van der Waals surface area (Å²) in [6.07, 6.45) is 10.4. The number of benzene rings is 1. The zero-order valence-electron chi connectivity index (χ0n) is 22.6. The van der Waals surface area contributed by atoms with Crippen molar-refractivity contribution in [1.82, 2.24) is 4.90 Å². The smallest absolute Gasteiger partial charge is 0.410 e. The number of rotatable bonds is 12. The Morgan fingerprint density at radius 1 is 1.08 bits per heavy atom. The van der Waals surface area contributed by atoms with Gasteiger partial charge in [0.15, 0.2) is 0 Å². The van der Waals surface area contributed by atoms with Crippen molar-refractivity contribution in [1.29, 1.82) is 0 Å². The highest BCUT2D eigenvalue weighted by atomic mass is 16.6. The van der Waals surface area contributed by atoms with Crippen molar-refractivity contribution in [2.75, 3.05) is 39.3 Å². The zero-order chi connectivity index (χ0) is 25.5. The molecule has 0 aliphatic heterocycles. The van der Waals surface area contributed by atoms with Crippen molar-refractivity contribution >= 4 is 6.09 Å². The first-order chi connectivity index (χ1) is 17.5. The van der Waals surface area contributed by atoms with E-state index in [0.29, 0.717) is 30.0 Å². The Kier molecular flexibility index (Phi) is 9.67. The maximum atomic E-state index is 13.1. The van der Waals surface area contributed by atoms with Crippen LogP contribution in [-0.2, 0) is 6.42 Å². The van der Waals surface area contributed by atoms with E-state index >= 15 is 0 Å². The van der Waals surface area contributed by atoms with Gasteiger partial charge in [0.1, 0.15) is 5.75 Å². The first-order valence-electron chi connectivity index (χ1n) is 14.7. The third-order valence-electron chi connectivity index (χ3n) is 9.53. The minimum atomic E-state index is -0.230. The van der Waals surface area contributed by atoms with Crippen LogP contribution in [-0.4, -0.2) is 61.5 Å². The molecule has 0 heterocycles. The summed E-state index contributed by atoms with van der Waals surface area (Å²) >= 11 is 0. The number of carbonyl (C=O) groups excluding carboxylic acids is 1. The van der Waals surface area contributed by atoms with E-state index in [4.69, 9.17) is 4.74 Å². The lowest BCUT2D eigenvalue weighted by molar-refractivity contribution is -0.657. The lowest BCUT2D eigenvalue weighted by Gasteiger charge is -2.50. The van der Waals surface area contributed by atoms with Gasteiger partial charge in [0.25, 0.3) is 0 Å². The molecule has 7 nitrogen and oxygen atoms in total. The Labute approximate surface area is 217 Å². The molecular weight excluding hydrogens is 452 g/mol. The van der Waals surface area contributed by atoms with E-state index in [1.165, 1.54) is 24.0 Å². The number of hydrogen-bond acceptors (Lipinski definition) is 3. The van der Waals surface area contributed by atoms with Crippen LogP contribution in [0.2, 0.25) is 0 Å². The highest BCUT2D eigenvalue weighted by Gasteiger charge is 2.54. The normalized spacial score (nSPS) is 28.8. The van der Waals surface area contributed by atoms with Crippen molar-refractivity contribution in [3.63, 3.8) is 0 Å². The number of aryl methyl sites for hydroxylation is 1. The van der Waals surface area contributed by atoms with Crippen LogP contribution >= 0.6 is 0 Å². The summed E-state index contributed by atoms with van der Waals surface area (Å²) in [5.41, 5.74) is 10.8. The molecule has 0 spiro atoms. The molecule has 4 rings (SSSR count). The van der Waals surface area contributed by atoms with Crippen molar-refractivity contribution in [3.8, 4) is 5.75 Å². The van der Waals surface area contributed by atoms with Crippen molar-refractivity contribution < 1.29 is 31.4 Å². The van der Waals surface area contributed by atoms with E-state index in [-0.39, 0.29) is 17.6 Å². The maximum absolute atomic E-state index is 13.1. The van der Waals surface area contributed by atoms with Crippen molar-refractivity contribution in [2.45, 2.75) is 83.2 Å². The summed E-state index contributed by atoms with van der Waals surface area (Å²) in [6.45, 7) is 7.82. The Morgan fingerprint density at radius 2 is 1.86 bits per heavy atom. The molecule has 0 aromatic heterocycles. The first kappa shape index (κ1) is 27.4. The summed E-state index contributed by atoms with van der Waals surface area (Å²) in [4.78, 5) is 14.9. The van der Waals surface area contributed by atoms with Gasteiger partial charge >= 0.3 is 6.09 Å². The third-order valence-corrected chi connectivity index (χ3v) is 9.53. The van der Waals surface area contributed by atoms with E-state index < -0.39 is 0 Å². The van der Waals surface area contributed by atoms with Crippen LogP contribution in [0, 0.1) is 17.3 Å². The SMILES string of the molecule is CC12CCC3c4ccc(OC(=O)N(CCC[NH3+])CCCC[NH2+]CCC[NH3+])cc4CCC3C1CCC2O. The standard InChI is InChI=1S/C29H48N4O3/c1-29-13-12-24-23-9-7-22(20-21(23)6-8-25(24)26(29)10-11-27(29)34)36-28(35)33(19-5-15-31)18-3-2-16-32-17-4-14-30/h7,9,20,24-27,32,34H,2-6,8,10-19,30-31H2,1H3/p+3. The predicted molar refractivity (Wildman–Crippen MR) is 140 cm³/mol. The minimum absolute atomic E-state index is 0.108. The molecule has 3 aliphatic carbocycles. The lowest BCUT2D eigenvalue weighted by Crippen LogP contribution is -2.84. The molecule has 1 amide bonds. The largest absolute Gasteiger partial charge is 0.415 e. The fourth-order valence-corrected chi connectivity index (χ4v) is 7.38. The highest BCUT2D eigenvalue weighted by Crippen LogP contribution is 2.60. The average molecular weight is 504 g/mol. The van der Waals surface area contributed by atoms with E-state index in [2.05, 4.69) is 35.8 Å². The second-order valence-corrected chi connectivity index (χ2v) is 11.8. The Bertz CT molecular complexity index is 865. The van der Waals surface area contributed by atoms with Crippen molar-refractivity contribution in [2.24, 2.45) is 17.3 Å². The number of aliphatic hydroxyl groups excluding tert-OH is 1. The minimum Gasteiger partial charge on any atom is -0.410 e. The Morgan fingerprint density at radius 3 is 2.67 bits per heavy atom. The fourth-order valence-electron chi connectivity index (χ4n) is 7.38. The number of hydrogen-bond donors (Lipinski definition) is 4. The predicted octanol–water partition coefficient (Wildman–Crippen LogP) is 1.31. The van der Waals surface area contributed by atoms with Crippen LogP contribution in [0.15, 0.2) is 18.2 Å². The van der Waals surface area contributed by atoms with Crippen LogP contribution in [0.5, 0.6) is 5.75 Å². The Balaban J connectivity index is 1.34. The fraction of sp³-hybridized carbons (Fsp3) is 0.759. The monoisotopic (exact) mass is 503 g/mol. The van der Waals surface area contributed by atoms with Gasteiger partial charge in [0.05, 0.1) is 32.3 Å². The Hall–Kier alpha value is -1.67. The van der Waals surface area contributed by atoms with E-state index in [1.54, 1.807) is 0 Å². The molecule has 7 heteroatoms. The molecular formula is C29H51N4O3+3. The van der Waals surface area contributed by atoms with Crippen LogP contribution < -0.4 is 21.5 Å². The van der Waals surface area contributed by atoms with E-state index in [9.17, 15) is 9.90 Å². The number of fused-ring (bicyclic) bond motifs is 5. The number of aliphatic hydroxyl groups is 1. The number of carbonyl (C=O) groups is 1. The maximum Gasteiger partial charge on any atom is 0.415 e. The molecule has 9 N–H and O–H groups in total. The molecule has 2 fully saturated rings. The average Bonchev–Trinajstić information content (AvgIpc) is 3.19. The number of nitrogens with zero attached hydrogens (tertiary/aromatic N) is 1. The highest BCUT2D eigenvalue weighted by molar-refractivity contribution is 5.70. The first-order valence-corrected chi connectivity index (χ1v) is 14.7. The molecule has 3 aliphatic rings. The van der Waals surface area contributed by atoms with Gasteiger partial charge in [-0.15, -0.1) is 0 Å². The number of amides is 1. The second kappa shape index (κ2) is 12.7. The van der Waals surface area contributed by atoms with Gasteiger partial charge in [-0.1, -0.05) is 13.0 Å². The molecule has 36 heavy (non-hydrogen) atoms. The topological polar surface area (TPSA) is 122 Å². The van der Waals surface area contributed by atoms with Gasteiger partial charge in [0.2, 0.25) is 0 Å². The molecule has 5 unspecified atom stereocenters. The molecule has 2 saturated carbocycles. The molecule has 0 bridgehead atoms. The summed E-state index contributed by atoms with van der Waals surface area (Å²) in [5.74, 6) is 2.58. The molecule has 1 aromatic rings. The van der Waals surface area contributed by atoms with Crippen LogP contribution in [0.4, 0.5) is 4.79 Å². The van der Waals surface area contributed by atoms with Crippen LogP contribution in [0.1, 0.15) is 81.8 Å². The molecule has 1 aromatic carbocycles. The number of quaternary nitrogens is 3. The van der Waals surface area contributed by atoms with Gasteiger partial charge in [-0.3, -0.25) is 0 Å². The molecule has 0 radical (unpaired) electrons. The lowest BCUT2D eigenvalue weighted by atomic mass is 9.55. The van der Waals surface area contributed by atoms with Crippen LogP contribution in [0.3, 0.4) is 0 Å². The van der Waals surface area contributed by atoms with Crippen molar-refractivity contribution in [3.05, 3.63) is 29.3 Å². The zero-order valence-corrected chi connectivity index (χ0v) is 22.6. The molecule has 0 saturated heterocycles. The van der Waals surface area contributed by atoms with E-state index in [1.807, 2.05) is 11.0 Å². The summed E-state index contributed by atoms with van der Waals surface area (Å²) in [6, 6.07) is 6.36. The third kappa shape index (κ3) is 6.07. The van der Waals surface area contributed by atoms with Crippen LogP contribution in [0.25, 0.3) is 0 Å². The summed E-state index contributed by atoms with van der Waals surface area (Å²) in [5, 5.41) is 13.0.